The Balaban J connectivity index is 2.13. The van der Waals surface area contributed by atoms with Crippen LogP contribution in [0.25, 0.3) is 0 Å². The molecule has 3 N–H and O–H groups in total. The first-order valence-corrected chi connectivity index (χ1v) is 6.61. The van der Waals surface area contributed by atoms with Crippen molar-refractivity contribution in [2.75, 3.05) is 6.54 Å². The van der Waals surface area contributed by atoms with Crippen molar-refractivity contribution in [3.63, 3.8) is 0 Å². The molecule has 1 saturated carbocycles. The maximum Gasteiger partial charge on any atom is 0.194 e. The Morgan fingerprint density at radius 1 is 1.26 bits per heavy atom. The molecule has 1 aliphatic rings. The Kier molecular flexibility index (Phi) is 4.47. The molecule has 106 valence electrons. The Morgan fingerprint density at radius 2 is 1.89 bits per heavy atom. The van der Waals surface area contributed by atoms with E-state index in [2.05, 4.69) is 12.2 Å². The summed E-state index contributed by atoms with van der Waals surface area (Å²) in [5.41, 5.74) is 6.01. The molecule has 1 aromatic rings. The molecule has 0 heterocycles. The normalized spacial score (nSPS) is 24.7. The zero-order valence-electron chi connectivity index (χ0n) is 10.9. The van der Waals surface area contributed by atoms with Crippen molar-refractivity contribution in [2.45, 2.75) is 38.3 Å². The average molecular weight is 272 g/mol. The monoisotopic (exact) mass is 272 g/mol. The van der Waals surface area contributed by atoms with Gasteiger partial charge in [0.1, 0.15) is 0 Å². The minimum atomic E-state index is -1.44. The Hall–Kier alpha value is -1.07. The van der Waals surface area contributed by atoms with Gasteiger partial charge in [-0.05, 0) is 42.9 Å². The summed E-state index contributed by atoms with van der Waals surface area (Å²) in [5, 5.41) is 3.31. The standard InChI is InChI=1S/C14H19F3N2/c1-8-2-3-10(4-8)19-13(7-18)9-5-11(15)14(17)12(16)6-9/h5-6,8,10,13,19H,2-4,7,18H2,1H3. The van der Waals surface area contributed by atoms with Crippen LogP contribution in [0, 0.1) is 23.4 Å². The molecule has 0 spiro atoms. The van der Waals surface area contributed by atoms with Crippen molar-refractivity contribution < 1.29 is 13.2 Å². The first-order valence-electron chi connectivity index (χ1n) is 6.61. The second-order valence-corrected chi connectivity index (χ2v) is 5.37. The fraction of sp³-hybridized carbons (Fsp3) is 0.571. The highest BCUT2D eigenvalue weighted by Crippen LogP contribution is 2.27. The van der Waals surface area contributed by atoms with Crippen LogP contribution in [0.4, 0.5) is 13.2 Å². The Bertz CT molecular complexity index is 427. The van der Waals surface area contributed by atoms with Gasteiger partial charge in [0.15, 0.2) is 17.5 Å². The summed E-state index contributed by atoms with van der Waals surface area (Å²) in [7, 11) is 0. The van der Waals surface area contributed by atoms with Gasteiger partial charge in [-0.25, -0.2) is 13.2 Å². The van der Waals surface area contributed by atoms with Crippen molar-refractivity contribution in [1.82, 2.24) is 5.32 Å². The van der Waals surface area contributed by atoms with Crippen LogP contribution in [-0.4, -0.2) is 12.6 Å². The largest absolute Gasteiger partial charge is 0.329 e. The molecule has 0 radical (unpaired) electrons. The molecular weight excluding hydrogens is 253 g/mol. The summed E-state index contributed by atoms with van der Waals surface area (Å²) >= 11 is 0. The van der Waals surface area contributed by atoms with Crippen LogP contribution >= 0.6 is 0 Å². The molecule has 1 aliphatic carbocycles. The predicted octanol–water partition coefficient (Wildman–Crippen LogP) is 2.88. The van der Waals surface area contributed by atoms with Crippen LogP contribution in [0.5, 0.6) is 0 Å². The van der Waals surface area contributed by atoms with Crippen LogP contribution < -0.4 is 11.1 Å². The fourth-order valence-electron chi connectivity index (χ4n) is 2.72. The zero-order chi connectivity index (χ0) is 14.0. The molecule has 3 unspecified atom stereocenters. The van der Waals surface area contributed by atoms with E-state index in [1.807, 2.05) is 0 Å². The molecule has 1 fully saturated rings. The van der Waals surface area contributed by atoms with Crippen molar-refractivity contribution in [3.05, 3.63) is 35.1 Å². The number of nitrogens with two attached hydrogens (primary N) is 1. The van der Waals surface area contributed by atoms with Gasteiger partial charge in [0.25, 0.3) is 0 Å². The van der Waals surface area contributed by atoms with E-state index in [9.17, 15) is 13.2 Å². The van der Waals surface area contributed by atoms with Crippen molar-refractivity contribution in [1.29, 1.82) is 0 Å². The second kappa shape index (κ2) is 5.92. The van der Waals surface area contributed by atoms with E-state index in [0.717, 1.165) is 31.4 Å². The highest BCUT2D eigenvalue weighted by Gasteiger charge is 2.24. The van der Waals surface area contributed by atoms with E-state index in [1.54, 1.807) is 0 Å². The van der Waals surface area contributed by atoms with Gasteiger partial charge in [-0.2, -0.15) is 0 Å². The molecule has 1 aromatic carbocycles. The zero-order valence-corrected chi connectivity index (χ0v) is 10.9. The topological polar surface area (TPSA) is 38.0 Å². The summed E-state index contributed by atoms with van der Waals surface area (Å²) in [6, 6.07) is 1.99. The van der Waals surface area contributed by atoms with Crippen molar-refractivity contribution >= 4 is 0 Å². The third-order valence-corrected chi connectivity index (χ3v) is 3.78. The van der Waals surface area contributed by atoms with Gasteiger partial charge in [-0.3, -0.25) is 0 Å². The van der Waals surface area contributed by atoms with Gasteiger partial charge in [0.05, 0.1) is 0 Å². The van der Waals surface area contributed by atoms with Crippen LogP contribution in [0.1, 0.15) is 37.8 Å². The van der Waals surface area contributed by atoms with Crippen LogP contribution in [0.3, 0.4) is 0 Å². The van der Waals surface area contributed by atoms with E-state index in [0.29, 0.717) is 17.5 Å². The Labute approximate surface area is 111 Å². The molecule has 0 saturated heterocycles. The lowest BCUT2D eigenvalue weighted by molar-refractivity contribution is 0.418. The molecule has 19 heavy (non-hydrogen) atoms. The maximum atomic E-state index is 13.2. The first kappa shape index (κ1) is 14.3. The molecule has 0 aromatic heterocycles. The smallest absolute Gasteiger partial charge is 0.194 e. The Morgan fingerprint density at radius 3 is 2.37 bits per heavy atom. The summed E-state index contributed by atoms with van der Waals surface area (Å²) in [6.45, 7) is 2.39. The van der Waals surface area contributed by atoms with Gasteiger partial charge >= 0.3 is 0 Å². The third kappa shape index (κ3) is 3.28. The quantitative estimate of drug-likeness (QED) is 0.827. The molecule has 0 aliphatic heterocycles. The number of rotatable bonds is 4. The lowest BCUT2D eigenvalue weighted by atomic mass is 10.0. The molecule has 2 nitrogen and oxygen atoms in total. The average Bonchev–Trinajstić information content (AvgIpc) is 2.78. The number of halogens is 3. The molecule has 2 rings (SSSR count). The molecule has 0 bridgehead atoms. The highest BCUT2D eigenvalue weighted by atomic mass is 19.2. The van der Waals surface area contributed by atoms with Gasteiger partial charge in [-0.1, -0.05) is 6.92 Å². The molecule has 3 atom stereocenters. The summed E-state index contributed by atoms with van der Waals surface area (Å²) in [6.07, 6.45) is 3.20. The van der Waals surface area contributed by atoms with Crippen LogP contribution in [0.2, 0.25) is 0 Å². The third-order valence-electron chi connectivity index (χ3n) is 3.78. The summed E-state index contributed by atoms with van der Waals surface area (Å²) < 4.78 is 39.4. The number of nitrogens with one attached hydrogen (secondary N) is 1. The summed E-state index contributed by atoms with van der Waals surface area (Å²) in [5.74, 6) is -3.13. The van der Waals surface area contributed by atoms with E-state index in [1.165, 1.54) is 0 Å². The first-order chi connectivity index (χ1) is 9.01. The van der Waals surface area contributed by atoms with E-state index < -0.39 is 17.5 Å². The van der Waals surface area contributed by atoms with Crippen molar-refractivity contribution in [2.24, 2.45) is 11.7 Å². The lowest BCUT2D eigenvalue weighted by Crippen LogP contribution is -2.35. The minimum Gasteiger partial charge on any atom is -0.329 e. The molecule has 5 heteroatoms. The van der Waals surface area contributed by atoms with Crippen LogP contribution in [-0.2, 0) is 0 Å². The van der Waals surface area contributed by atoms with E-state index in [4.69, 9.17) is 5.73 Å². The fourth-order valence-corrected chi connectivity index (χ4v) is 2.72. The van der Waals surface area contributed by atoms with E-state index >= 15 is 0 Å². The van der Waals surface area contributed by atoms with Crippen molar-refractivity contribution in [3.8, 4) is 0 Å². The lowest BCUT2D eigenvalue weighted by Gasteiger charge is -2.22. The second-order valence-electron chi connectivity index (χ2n) is 5.37. The predicted molar refractivity (Wildman–Crippen MR) is 68.1 cm³/mol. The number of hydrogen-bond donors (Lipinski definition) is 2. The number of hydrogen-bond acceptors (Lipinski definition) is 2. The van der Waals surface area contributed by atoms with E-state index in [-0.39, 0.29) is 12.6 Å². The van der Waals surface area contributed by atoms with Gasteiger partial charge in [0, 0.05) is 18.6 Å². The van der Waals surface area contributed by atoms with Gasteiger partial charge < -0.3 is 11.1 Å². The summed E-state index contributed by atoms with van der Waals surface area (Å²) in [4.78, 5) is 0. The molecule has 0 amide bonds. The molecular formula is C14H19F3N2. The van der Waals surface area contributed by atoms with Gasteiger partial charge in [-0.15, -0.1) is 0 Å². The number of benzene rings is 1. The minimum absolute atomic E-state index is 0.218. The maximum absolute atomic E-state index is 13.2. The SMILES string of the molecule is CC1CCC(NC(CN)c2cc(F)c(F)c(F)c2)C1. The van der Waals surface area contributed by atoms with Gasteiger partial charge in [0.2, 0.25) is 0 Å². The highest BCUT2D eigenvalue weighted by molar-refractivity contribution is 5.23. The van der Waals surface area contributed by atoms with Crippen LogP contribution in [0.15, 0.2) is 12.1 Å².